The van der Waals surface area contributed by atoms with E-state index in [9.17, 15) is 4.79 Å². The summed E-state index contributed by atoms with van der Waals surface area (Å²) in [5.74, 6) is 0.147. The zero-order valence-electron chi connectivity index (χ0n) is 10.3. The van der Waals surface area contributed by atoms with Gasteiger partial charge in [-0.2, -0.15) is 5.10 Å². The number of amides is 1. The Bertz CT molecular complexity index is 368. The number of nitrogens with zero attached hydrogens (tertiary/aromatic N) is 2. The molecule has 1 aliphatic heterocycles. The van der Waals surface area contributed by atoms with Crippen LogP contribution in [0.5, 0.6) is 0 Å². The molecule has 0 radical (unpaired) electrons. The molecule has 1 fully saturated rings. The molecule has 0 aromatic carbocycles. The van der Waals surface area contributed by atoms with Gasteiger partial charge in [0.1, 0.15) is 0 Å². The third-order valence-corrected chi connectivity index (χ3v) is 3.09. The Balaban J connectivity index is 1.62. The van der Waals surface area contributed by atoms with Gasteiger partial charge in [-0.3, -0.25) is 9.48 Å². The number of nitrogens with one attached hydrogen (secondary N) is 2. The number of hydrogen-bond acceptors (Lipinski definition) is 3. The molecule has 1 aromatic rings. The van der Waals surface area contributed by atoms with Crippen molar-refractivity contribution in [2.45, 2.75) is 31.7 Å². The maximum atomic E-state index is 11.6. The van der Waals surface area contributed by atoms with Crippen molar-refractivity contribution in [2.75, 3.05) is 13.1 Å². The van der Waals surface area contributed by atoms with Gasteiger partial charge in [-0.25, -0.2) is 0 Å². The SMILES string of the molecule is Cn1cc(CCNC(=O)CC2CCCN2)cn1. The smallest absolute Gasteiger partial charge is 0.221 e. The van der Waals surface area contributed by atoms with Crippen LogP contribution in [-0.4, -0.2) is 34.8 Å². The van der Waals surface area contributed by atoms with Gasteiger partial charge in [-0.1, -0.05) is 0 Å². The van der Waals surface area contributed by atoms with Crippen LogP contribution in [0.4, 0.5) is 0 Å². The molecule has 5 nitrogen and oxygen atoms in total. The maximum Gasteiger partial charge on any atom is 0.221 e. The summed E-state index contributed by atoms with van der Waals surface area (Å²) in [4.78, 5) is 11.6. The summed E-state index contributed by atoms with van der Waals surface area (Å²) >= 11 is 0. The topological polar surface area (TPSA) is 59.0 Å². The lowest BCUT2D eigenvalue weighted by molar-refractivity contribution is -0.121. The van der Waals surface area contributed by atoms with Gasteiger partial charge in [-0.15, -0.1) is 0 Å². The summed E-state index contributed by atoms with van der Waals surface area (Å²) in [6.07, 6.45) is 7.57. The lowest BCUT2D eigenvalue weighted by Gasteiger charge is -2.09. The first-order chi connectivity index (χ1) is 8.24. The molecule has 0 saturated carbocycles. The Morgan fingerprint density at radius 1 is 1.71 bits per heavy atom. The van der Waals surface area contributed by atoms with E-state index in [1.165, 1.54) is 6.42 Å². The molecule has 1 aliphatic rings. The van der Waals surface area contributed by atoms with E-state index in [-0.39, 0.29) is 5.91 Å². The van der Waals surface area contributed by atoms with Crippen LogP contribution in [0.1, 0.15) is 24.8 Å². The molecule has 1 saturated heterocycles. The second-order valence-corrected chi connectivity index (χ2v) is 4.62. The number of carbonyl (C=O) groups excluding carboxylic acids is 1. The lowest BCUT2D eigenvalue weighted by atomic mass is 10.1. The van der Waals surface area contributed by atoms with E-state index < -0.39 is 0 Å². The Labute approximate surface area is 102 Å². The van der Waals surface area contributed by atoms with Crippen molar-refractivity contribution < 1.29 is 4.79 Å². The van der Waals surface area contributed by atoms with Crippen LogP contribution in [0.2, 0.25) is 0 Å². The van der Waals surface area contributed by atoms with Crippen molar-refractivity contribution in [3.8, 4) is 0 Å². The van der Waals surface area contributed by atoms with Gasteiger partial charge in [-0.05, 0) is 31.4 Å². The minimum Gasteiger partial charge on any atom is -0.356 e. The number of aryl methyl sites for hydroxylation is 1. The quantitative estimate of drug-likeness (QED) is 0.769. The van der Waals surface area contributed by atoms with E-state index in [0.717, 1.165) is 24.9 Å². The fourth-order valence-corrected chi connectivity index (χ4v) is 2.17. The van der Waals surface area contributed by atoms with Gasteiger partial charge in [0.2, 0.25) is 5.91 Å². The first-order valence-electron chi connectivity index (χ1n) is 6.21. The summed E-state index contributed by atoms with van der Waals surface area (Å²) in [5, 5.41) is 10.4. The first kappa shape index (κ1) is 12.1. The Kier molecular flexibility index (Phi) is 4.14. The molecule has 1 atom stereocenters. The maximum absolute atomic E-state index is 11.6. The minimum atomic E-state index is 0.147. The van der Waals surface area contributed by atoms with Gasteiger partial charge in [0.05, 0.1) is 6.20 Å². The largest absolute Gasteiger partial charge is 0.356 e. The van der Waals surface area contributed by atoms with Gasteiger partial charge < -0.3 is 10.6 Å². The molecule has 17 heavy (non-hydrogen) atoms. The summed E-state index contributed by atoms with van der Waals surface area (Å²) in [6.45, 7) is 1.74. The van der Waals surface area contributed by atoms with Crippen molar-refractivity contribution in [3.63, 3.8) is 0 Å². The zero-order chi connectivity index (χ0) is 12.1. The molecular formula is C12H20N4O. The molecule has 1 unspecified atom stereocenters. The van der Waals surface area contributed by atoms with E-state index in [1.54, 1.807) is 4.68 Å². The fraction of sp³-hybridized carbons (Fsp3) is 0.667. The number of carbonyl (C=O) groups is 1. The number of rotatable bonds is 5. The lowest BCUT2D eigenvalue weighted by Crippen LogP contribution is -2.32. The molecule has 1 amide bonds. The van der Waals surface area contributed by atoms with Crippen molar-refractivity contribution in [1.29, 1.82) is 0 Å². The van der Waals surface area contributed by atoms with Crippen molar-refractivity contribution >= 4 is 5.91 Å². The summed E-state index contributed by atoms with van der Waals surface area (Å²) in [7, 11) is 1.90. The predicted molar refractivity (Wildman–Crippen MR) is 65.6 cm³/mol. The highest BCUT2D eigenvalue weighted by atomic mass is 16.1. The van der Waals surface area contributed by atoms with Crippen LogP contribution >= 0.6 is 0 Å². The normalized spacial score (nSPS) is 19.5. The Morgan fingerprint density at radius 3 is 3.24 bits per heavy atom. The highest BCUT2D eigenvalue weighted by molar-refractivity contribution is 5.76. The van der Waals surface area contributed by atoms with Gasteiger partial charge in [0.15, 0.2) is 0 Å². The van der Waals surface area contributed by atoms with Crippen LogP contribution in [0, 0.1) is 0 Å². The average molecular weight is 236 g/mol. The Hall–Kier alpha value is -1.36. The molecule has 0 bridgehead atoms. The summed E-state index contributed by atoms with van der Waals surface area (Å²) in [6, 6.07) is 0.383. The summed E-state index contributed by atoms with van der Waals surface area (Å²) in [5.41, 5.74) is 1.16. The van der Waals surface area contributed by atoms with Gasteiger partial charge >= 0.3 is 0 Å². The van der Waals surface area contributed by atoms with Crippen LogP contribution in [0.25, 0.3) is 0 Å². The molecule has 94 valence electrons. The standard InChI is InChI=1S/C12H20N4O/c1-16-9-10(8-15-16)4-6-14-12(17)7-11-3-2-5-13-11/h8-9,11,13H,2-7H2,1H3,(H,14,17). The van der Waals surface area contributed by atoms with Gasteiger partial charge in [0, 0.05) is 32.3 Å². The zero-order valence-corrected chi connectivity index (χ0v) is 10.3. The molecule has 0 aliphatic carbocycles. The molecular weight excluding hydrogens is 216 g/mol. The van der Waals surface area contributed by atoms with Crippen LogP contribution in [0.15, 0.2) is 12.4 Å². The second-order valence-electron chi connectivity index (χ2n) is 4.62. The number of hydrogen-bond donors (Lipinski definition) is 2. The van der Waals surface area contributed by atoms with Crippen LogP contribution in [0.3, 0.4) is 0 Å². The third kappa shape index (κ3) is 3.85. The van der Waals surface area contributed by atoms with Crippen molar-refractivity contribution in [2.24, 2.45) is 7.05 Å². The van der Waals surface area contributed by atoms with Gasteiger partial charge in [0.25, 0.3) is 0 Å². The molecule has 0 spiro atoms. The van der Waals surface area contributed by atoms with Crippen molar-refractivity contribution in [3.05, 3.63) is 18.0 Å². The highest BCUT2D eigenvalue weighted by Crippen LogP contribution is 2.08. The fourth-order valence-electron chi connectivity index (χ4n) is 2.17. The third-order valence-electron chi connectivity index (χ3n) is 3.09. The second kappa shape index (κ2) is 5.82. The molecule has 2 rings (SSSR count). The monoisotopic (exact) mass is 236 g/mol. The molecule has 1 aromatic heterocycles. The molecule has 2 N–H and O–H groups in total. The summed E-state index contributed by atoms with van der Waals surface area (Å²) < 4.78 is 1.78. The van der Waals surface area contributed by atoms with Crippen LogP contribution < -0.4 is 10.6 Å². The Morgan fingerprint density at radius 2 is 2.59 bits per heavy atom. The van der Waals surface area contributed by atoms with E-state index >= 15 is 0 Å². The molecule has 5 heteroatoms. The first-order valence-corrected chi connectivity index (χ1v) is 6.21. The highest BCUT2D eigenvalue weighted by Gasteiger charge is 2.17. The van der Waals surface area contributed by atoms with Crippen molar-refractivity contribution in [1.82, 2.24) is 20.4 Å². The van der Waals surface area contributed by atoms with E-state index in [0.29, 0.717) is 19.0 Å². The number of aromatic nitrogens is 2. The van der Waals surface area contributed by atoms with E-state index in [1.807, 2.05) is 19.4 Å². The van der Waals surface area contributed by atoms with E-state index in [2.05, 4.69) is 15.7 Å². The van der Waals surface area contributed by atoms with E-state index in [4.69, 9.17) is 0 Å². The molecule has 2 heterocycles. The minimum absolute atomic E-state index is 0.147. The average Bonchev–Trinajstić information content (AvgIpc) is 2.90. The van der Waals surface area contributed by atoms with Crippen LogP contribution in [-0.2, 0) is 18.3 Å². The predicted octanol–water partition coefficient (Wildman–Crippen LogP) is 0.221.